The van der Waals surface area contributed by atoms with Gasteiger partial charge in [-0.25, -0.2) is 0 Å². The lowest BCUT2D eigenvalue weighted by Gasteiger charge is -2.16. The summed E-state index contributed by atoms with van der Waals surface area (Å²) in [6.07, 6.45) is 8.07. The van der Waals surface area contributed by atoms with Gasteiger partial charge in [-0.3, -0.25) is 4.79 Å². The van der Waals surface area contributed by atoms with Crippen molar-refractivity contribution in [2.45, 2.75) is 44.6 Å². The highest BCUT2D eigenvalue weighted by Crippen LogP contribution is 2.16. The van der Waals surface area contributed by atoms with Crippen LogP contribution in [0.15, 0.2) is 0 Å². The van der Waals surface area contributed by atoms with Crippen molar-refractivity contribution in [3.63, 3.8) is 0 Å². The molecule has 0 unspecified atom stereocenters. The molecule has 0 bridgehead atoms. The van der Waals surface area contributed by atoms with Crippen LogP contribution in [-0.4, -0.2) is 38.6 Å². The van der Waals surface area contributed by atoms with E-state index in [9.17, 15) is 4.79 Å². The van der Waals surface area contributed by atoms with Crippen LogP contribution >= 0.6 is 0 Å². The van der Waals surface area contributed by atoms with E-state index in [0.717, 1.165) is 13.1 Å². The minimum Gasteiger partial charge on any atom is -0.354 e. The molecule has 1 saturated carbocycles. The van der Waals surface area contributed by atoms with Crippen LogP contribution in [0.5, 0.6) is 0 Å². The molecular formula is C12H25N3O. The summed E-state index contributed by atoms with van der Waals surface area (Å²) < 4.78 is 0. The normalized spacial score (nSPS) is 18.1. The first-order valence-corrected chi connectivity index (χ1v) is 6.47. The molecule has 0 saturated heterocycles. The standard InChI is InChI=1S/C12H25N3O/c1-13-10-12(16)15-9-8-14-11-6-4-2-3-5-7-11/h11,13-14H,2-10H2,1H3,(H,15,16). The average molecular weight is 227 g/mol. The molecule has 16 heavy (non-hydrogen) atoms. The minimum atomic E-state index is 0.0742. The molecule has 4 nitrogen and oxygen atoms in total. The van der Waals surface area contributed by atoms with Crippen molar-refractivity contribution in [2.75, 3.05) is 26.7 Å². The monoisotopic (exact) mass is 227 g/mol. The Kier molecular flexibility index (Phi) is 7.17. The van der Waals surface area contributed by atoms with Crippen molar-refractivity contribution < 1.29 is 4.79 Å². The lowest BCUT2D eigenvalue weighted by Crippen LogP contribution is -2.39. The third kappa shape index (κ3) is 6.08. The first-order valence-electron chi connectivity index (χ1n) is 6.47. The SMILES string of the molecule is CNCC(=O)NCCNC1CCCCCC1. The highest BCUT2D eigenvalue weighted by Gasteiger charge is 2.10. The van der Waals surface area contributed by atoms with Gasteiger partial charge in [0.15, 0.2) is 0 Å². The number of likely N-dealkylation sites (N-methyl/N-ethyl adjacent to an activating group) is 1. The second-order valence-corrected chi connectivity index (χ2v) is 4.52. The van der Waals surface area contributed by atoms with Crippen LogP contribution in [0.1, 0.15) is 38.5 Å². The van der Waals surface area contributed by atoms with E-state index in [2.05, 4.69) is 16.0 Å². The van der Waals surface area contributed by atoms with Crippen LogP contribution in [0.2, 0.25) is 0 Å². The molecule has 0 radical (unpaired) electrons. The lowest BCUT2D eigenvalue weighted by atomic mass is 10.1. The van der Waals surface area contributed by atoms with E-state index in [-0.39, 0.29) is 5.91 Å². The molecule has 0 aliphatic heterocycles. The maximum Gasteiger partial charge on any atom is 0.233 e. The molecule has 1 amide bonds. The average Bonchev–Trinajstić information content (AvgIpc) is 2.53. The van der Waals surface area contributed by atoms with Gasteiger partial charge in [0.2, 0.25) is 5.91 Å². The molecule has 0 aromatic rings. The van der Waals surface area contributed by atoms with Crippen molar-refractivity contribution in [1.82, 2.24) is 16.0 Å². The molecule has 1 rings (SSSR count). The molecule has 3 N–H and O–H groups in total. The van der Waals surface area contributed by atoms with Gasteiger partial charge in [-0.15, -0.1) is 0 Å². The number of nitrogens with one attached hydrogen (secondary N) is 3. The Hall–Kier alpha value is -0.610. The van der Waals surface area contributed by atoms with Gasteiger partial charge in [-0.2, -0.15) is 0 Å². The highest BCUT2D eigenvalue weighted by atomic mass is 16.1. The second-order valence-electron chi connectivity index (χ2n) is 4.52. The molecule has 0 atom stereocenters. The number of carbonyl (C=O) groups is 1. The third-order valence-corrected chi connectivity index (χ3v) is 3.07. The number of rotatable bonds is 6. The summed E-state index contributed by atoms with van der Waals surface area (Å²) in [5.41, 5.74) is 0. The zero-order valence-electron chi connectivity index (χ0n) is 10.3. The summed E-state index contributed by atoms with van der Waals surface area (Å²) >= 11 is 0. The smallest absolute Gasteiger partial charge is 0.233 e. The summed E-state index contributed by atoms with van der Waals surface area (Å²) in [5.74, 6) is 0.0742. The molecule has 0 aromatic carbocycles. The first-order chi connectivity index (χ1) is 7.83. The van der Waals surface area contributed by atoms with Gasteiger partial charge >= 0.3 is 0 Å². The fourth-order valence-electron chi connectivity index (χ4n) is 2.18. The maximum absolute atomic E-state index is 11.1. The summed E-state index contributed by atoms with van der Waals surface area (Å²) in [4.78, 5) is 11.1. The lowest BCUT2D eigenvalue weighted by molar-refractivity contribution is -0.120. The van der Waals surface area contributed by atoms with Crippen LogP contribution in [0.3, 0.4) is 0 Å². The highest BCUT2D eigenvalue weighted by molar-refractivity contribution is 5.77. The molecule has 1 aliphatic carbocycles. The predicted octanol–water partition coefficient (Wildman–Crippen LogP) is 0.634. The van der Waals surface area contributed by atoms with Crippen LogP contribution < -0.4 is 16.0 Å². The van der Waals surface area contributed by atoms with E-state index < -0.39 is 0 Å². The zero-order chi connectivity index (χ0) is 11.6. The van der Waals surface area contributed by atoms with Gasteiger partial charge in [0.1, 0.15) is 0 Å². The molecule has 1 fully saturated rings. The summed E-state index contributed by atoms with van der Waals surface area (Å²) in [7, 11) is 1.78. The van der Waals surface area contributed by atoms with E-state index in [4.69, 9.17) is 0 Å². The van der Waals surface area contributed by atoms with Gasteiger partial charge < -0.3 is 16.0 Å². The molecule has 1 aliphatic rings. The Morgan fingerprint density at radius 1 is 1.12 bits per heavy atom. The fourth-order valence-corrected chi connectivity index (χ4v) is 2.18. The van der Waals surface area contributed by atoms with Crippen LogP contribution in [0.25, 0.3) is 0 Å². The van der Waals surface area contributed by atoms with Crippen molar-refractivity contribution in [1.29, 1.82) is 0 Å². The molecular weight excluding hydrogens is 202 g/mol. The molecule has 94 valence electrons. The summed E-state index contributed by atoms with van der Waals surface area (Å²) in [6, 6.07) is 0.670. The second kappa shape index (κ2) is 8.53. The van der Waals surface area contributed by atoms with Crippen molar-refractivity contribution in [2.24, 2.45) is 0 Å². The fraction of sp³-hybridized carbons (Fsp3) is 0.917. The van der Waals surface area contributed by atoms with Crippen LogP contribution in [0.4, 0.5) is 0 Å². The van der Waals surface area contributed by atoms with Crippen molar-refractivity contribution >= 4 is 5.91 Å². The number of hydrogen-bond acceptors (Lipinski definition) is 3. The Morgan fingerprint density at radius 2 is 1.81 bits per heavy atom. The van der Waals surface area contributed by atoms with E-state index in [1.54, 1.807) is 7.05 Å². The zero-order valence-corrected chi connectivity index (χ0v) is 10.3. The Morgan fingerprint density at radius 3 is 2.44 bits per heavy atom. The van der Waals surface area contributed by atoms with Crippen LogP contribution in [0, 0.1) is 0 Å². The Bertz CT molecular complexity index is 189. The van der Waals surface area contributed by atoms with Gasteiger partial charge in [-0.1, -0.05) is 25.7 Å². The summed E-state index contributed by atoms with van der Waals surface area (Å²) in [6.45, 7) is 2.03. The topological polar surface area (TPSA) is 53.2 Å². The number of amides is 1. The summed E-state index contributed by atoms with van der Waals surface area (Å²) in [5, 5.41) is 9.23. The Labute approximate surface area is 98.6 Å². The van der Waals surface area contributed by atoms with Gasteiger partial charge in [0.25, 0.3) is 0 Å². The van der Waals surface area contributed by atoms with E-state index >= 15 is 0 Å². The first kappa shape index (κ1) is 13.5. The van der Waals surface area contributed by atoms with Crippen molar-refractivity contribution in [3.8, 4) is 0 Å². The quantitative estimate of drug-likeness (QED) is 0.461. The molecule has 4 heteroatoms. The van der Waals surface area contributed by atoms with E-state index in [0.29, 0.717) is 12.6 Å². The predicted molar refractivity (Wildman–Crippen MR) is 66.4 cm³/mol. The van der Waals surface area contributed by atoms with E-state index in [1.165, 1.54) is 38.5 Å². The largest absolute Gasteiger partial charge is 0.354 e. The molecule has 0 aromatic heterocycles. The molecule has 0 spiro atoms. The number of hydrogen-bond donors (Lipinski definition) is 3. The third-order valence-electron chi connectivity index (χ3n) is 3.07. The van der Waals surface area contributed by atoms with E-state index in [1.807, 2.05) is 0 Å². The van der Waals surface area contributed by atoms with Crippen LogP contribution in [-0.2, 0) is 4.79 Å². The number of carbonyl (C=O) groups excluding carboxylic acids is 1. The Balaban J connectivity index is 1.99. The van der Waals surface area contributed by atoms with Gasteiger partial charge in [0.05, 0.1) is 6.54 Å². The maximum atomic E-state index is 11.1. The van der Waals surface area contributed by atoms with Gasteiger partial charge in [0, 0.05) is 19.1 Å². The van der Waals surface area contributed by atoms with Gasteiger partial charge in [-0.05, 0) is 19.9 Å². The van der Waals surface area contributed by atoms with Crippen molar-refractivity contribution in [3.05, 3.63) is 0 Å². The molecule has 0 heterocycles. The minimum absolute atomic E-state index is 0.0742.